The summed E-state index contributed by atoms with van der Waals surface area (Å²) in [5, 5.41) is 5.77. The standard InChI is InChI=1S/C60H49BN2SSi/c1-40-29-34-52(41(2)35-40)63-53-38-49-48-25-15-18-28-57(48)65(46-21-11-7-12-22-46,47-23-13-8-14-24-47)58(49)39-51(53)61-50-26-16-17-27-55(50)64-56-37-45(36-54(63)59(56)61)62(43-19-9-6-10-20-43)44-32-30-42(31-33-44)60(3,4)5/h6-39H,1-5H3. The molecule has 3 aliphatic heterocycles. The lowest BCUT2D eigenvalue weighted by Gasteiger charge is -2.42. The van der Waals surface area contributed by atoms with Gasteiger partial charge < -0.3 is 9.80 Å². The van der Waals surface area contributed by atoms with Crippen molar-refractivity contribution >= 4 is 97.8 Å². The van der Waals surface area contributed by atoms with E-state index >= 15 is 0 Å². The molecule has 12 rings (SSSR count). The molecule has 0 atom stereocenters. The first-order valence-electron chi connectivity index (χ1n) is 22.9. The quantitative estimate of drug-likeness (QED) is 0.154. The van der Waals surface area contributed by atoms with Crippen LogP contribution in [-0.2, 0) is 5.41 Å². The SMILES string of the molecule is Cc1ccc(N2c3cc4c(cc3B3c5ccccc5Sc5cc(N(c6ccccc6)c6ccc(C(C)(C)C)cc6)cc2c53)[Si](c2ccccc2)(c2ccccc2)c2ccccc2-4)c(C)c1. The van der Waals surface area contributed by atoms with Crippen molar-refractivity contribution in [1.29, 1.82) is 0 Å². The number of nitrogens with zero attached hydrogens (tertiary/aromatic N) is 2. The Labute approximate surface area is 389 Å². The van der Waals surface area contributed by atoms with Gasteiger partial charge >= 0.3 is 0 Å². The van der Waals surface area contributed by atoms with Crippen LogP contribution in [0.25, 0.3) is 11.1 Å². The summed E-state index contributed by atoms with van der Waals surface area (Å²) in [5.41, 5.74) is 17.8. The average molecular weight is 869 g/mol. The van der Waals surface area contributed by atoms with Gasteiger partial charge in [0.2, 0.25) is 6.71 Å². The van der Waals surface area contributed by atoms with E-state index in [2.05, 4.69) is 251 Å². The molecule has 3 heterocycles. The number of aryl methyl sites for hydroxylation is 2. The fraction of sp³-hybridized carbons (Fsp3) is 0.100. The van der Waals surface area contributed by atoms with Crippen LogP contribution in [0.1, 0.15) is 37.5 Å². The number of anilines is 6. The van der Waals surface area contributed by atoms with E-state index in [0.717, 1.165) is 17.1 Å². The maximum atomic E-state index is 2.68. The molecule has 0 aromatic heterocycles. The number of rotatable bonds is 6. The van der Waals surface area contributed by atoms with Gasteiger partial charge in [-0.05, 0) is 128 Å². The van der Waals surface area contributed by atoms with Gasteiger partial charge in [0, 0.05) is 43.9 Å². The van der Waals surface area contributed by atoms with Gasteiger partial charge in [0.15, 0.2) is 8.07 Å². The zero-order chi connectivity index (χ0) is 44.0. The summed E-state index contributed by atoms with van der Waals surface area (Å²) in [4.78, 5) is 7.69. The predicted molar refractivity (Wildman–Crippen MR) is 282 cm³/mol. The minimum Gasteiger partial charge on any atom is -0.311 e. The molecule has 5 heteroatoms. The summed E-state index contributed by atoms with van der Waals surface area (Å²) in [6.45, 7) is 11.4. The highest BCUT2D eigenvalue weighted by atomic mass is 32.2. The lowest BCUT2D eigenvalue weighted by Crippen LogP contribution is -2.73. The van der Waals surface area contributed by atoms with Crippen LogP contribution in [-0.4, -0.2) is 14.8 Å². The van der Waals surface area contributed by atoms with Crippen LogP contribution >= 0.6 is 11.8 Å². The van der Waals surface area contributed by atoms with Crippen molar-refractivity contribution in [2.24, 2.45) is 0 Å². The third-order valence-electron chi connectivity index (χ3n) is 14.1. The number of hydrogen-bond acceptors (Lipinski definition) is 3. The van der Waals surface area contributed by atoms with Crippen molar-refractivity contribution in [2.45, 2.75) is 49.8 Å². The first kappa shape index (κ1) is 39.8. The second-order valence-electron chi connectivity index (χ2n) is 19.0. The van der Waals surface area contributed by atoms with Gasteiger partial charge in [0.25, 0.3) is 0 Å². The van der Waals surface area contributed by atoms with Gasteiger partial charge in [-0.15, -0.1) is 0 Å². The first-order valence-corrected chi connectivity index (χ1v) is 25.7. The Bertz CT molecular complexity index is 3270. The van der Waals surface area contributed by atoms with Crippen molar-refractivity contribution in [3.63, 3.8) is 0 Å². The van der Waals surface area contributed by atoms with Crippen molar-refractivity contribution in [1.82, 2.24) is 0 Å². The Morgan fingerprint density at radius 1 is 0.477 bits per heavy atom. The predicted octanol–water partition coefficient (Wildman–Crippen LogP) is 11.2. The lowest BCUT2D eigenvalue weighted by molar-refractivity contribution is 0.590. The third kappa shape index (κ3) is 6.16. The number of para-hydroxylation sites is 1. The molecule has 0 saturated heterocycles. The van der Waals surface area contributed by atoms with E-state index in [1.54, 1.807) is 0 Å². The van der Waals surface area contributed by atoms with Crippen LogP contribution in [0, 0.1) is 13.8 Å². The van der Waals surface area contributed by atoms with Gasteiger partial charge in [-0.2, -0.15) is 0 Å². The summed E-state index contributed by atoms with van der Waals surface area (Å²) >= 11 is 1.92. The zero-order valence-corrected chi connectivity index (χ0v) is 39.3. The minimum atomic E-state index is -2.77. The van der Waals surface area contributed by atoms with Crippen molar-refractivity contribution < 1.29 is 0 Å². The van der Waals surface area contributed by atoms with Crippen LogP contribution in [0.5, 0.6) is 0 Å². The van der Waals surface area contributed by atoms with Crippen LogP contribution in [0.3, 0.4) is 0 Å². The second-order valence-corrected chi connectivity index (χ2v) is 23.8. The molecule has 0 fully saturated rings. The third-order valence-corrected chi connectivity index (χ3v) is 20.1. The number of fused-ring (bicyclic) bond motifs is 7. The summed E-state index contributed by atoms with van der Waals surface area (Å²) in [5.74, 6) is 0. The number of hydrogen-bond donors (Lipinski definition) is 0. The monoisotopic (exact) mass is 868 g/mol. The maximum Gasteiger partial charge on any atom is 0.249 e. The second kappa shape index (κ2) is 15.2. The van der Waals surface area contributed by atoms with E-state index in [0.29, 0.717) is 0 Å². The van der Waals surface area contributed by atoms with Crippen molar-refractivity contribution in [3.8, 4) is 11.1 Å². The molecule has 0 N–H and O–H groups in total. The fourth-order valence-corrected chi connectivity index (χ4v) is 17.6. The molecule has 0 amide bonds. The maximum absolute atomic E-state index is 2.77. The van der Waals surface area contributed by atoms with E-state index in [1.807, 2.05) is 11.8 Å². The van der Waals surface area contributed by atoms with E-state index in [1.165, 1.54) is 91.8 Å². The molecule has 0 aliphatic carbocycles. The van der Waals surface area contributed by atoms with E-state index in [4.69, 9.17) is 0 Å². The highest BCUT2D eigenvalue weighted by Crippen LogP contribution is 2.48. The molecule has 0 spiro atoms. The molecule has 2 nitrogen and oxygen atoms in total. The van der Waals surface area contributed by atoms with E-state index in [-0.39, 0.29) is 12.1 Å². The van der Waals surface area contributed by atoms with Crippen LogP contribution < -0.4 is 46.9 Å². The van der Waals surface area contributed by atoms with Gasteiger partial charge in [0.05, 0.1) is 0 Å². The van der Waals surface area contributed by atoms with Gasteiger partial charge in [0.1, 0.15) is 0 Å². The normalized spacial score (nSPS) is 13.9. The molecule has 3 aliphatic rings. The molecule has 0 unspecified atom stereocenters. The Morgan fingerprint density at radius 3 is 1.80 bits per heavy atom. The van der Waals surface area contributed by atoms with Crippen LogP contribution in [0.2, 0.25) is 0 Å². The summed E-state index contributed by atoms with van der Waals surface area (Å²) in [6, 6.07) is 78.6. The topological polar surface area (TPSA) is 6.48 Å². The fourth-order valence-electron chi connectivity index (χ4n) is 11.2. The molecule has 9 aromatic carbocycles. The van der Waals surface area contributed by atoms with Gasteiger partial charge in [-0.1, -0.05) is 195 Å². The Morgan fingerprint density at radius 2 is 1.11 bits per heavy atom. The van der Waals surface area contributed by atoms with Crippen molar-refractivity contribution in [2.75, 3.05) is 9.80 Å². The largest absolute Gasteiger partial charge is 0.311 e. The summed E-state index contributed by atoms with van der Waals surface area (Å²) in [6.07, 6.45) is 0. The molecule has 0 radical (unpaired) electrons. The van der Waals surface area contributed by atoms with Gasteiger partial charge in [-0.25, -0.2) is 0 Å². The number of benzene rings is 9. The molecule has 0 saturated carbocycles. The zero-order valence-electron chi connectivity index (χ0n) is 37.5. The minimum absolute atomic E-state index is 0.0343. The highest BCUT2D eigenvalue weighted by Gasteiger charge is 2.51. The van der Waals surface area contributed by atoms with Gasteiger partial charge in [-0.3, -0.25) is 0 Å². The highest BCUT2D eigenvalue weighted by molar-refractivity contribution is 8.00. The molecular formula is C60H49BN2SSi. The summed E-state index contributed by atoms with van der Waals surface area (Å²) < 4.78 is 0. The van der Waals surface area contributed by atoms with Crippen LogP contribution in [0.4, 0.5) is 34.1 Å². The molecule has 9 aromatic rings. The lowest BCUT2D eigenvalue weighted by atomic mass is 9.35. The average Bonchev–Trinajstić information content (AvgIpc) is 3.62. The molecule has 0 bridgehead atoms. The smallest absolute Gasteiger partial charge is 0.249 e. The Hall–Kier alpha value is -6.79. The van der Waals surface area contributed by atoms with Crippen molar-refractivity contribution in [3.05, 3.63) is 223 Å². The Balaban J connectivity index is 1.18. The van der Waals surface area contributed by atoms with E-state index in [9.17, 15) is 0 Å². The van der Waals surface area contributed by atoms with E-state index < -0.39 is 8.07 Å². The first-order chi connectivity index (χ1) is 31.7. The molecular weight excluding hydrogens is 820 g/mol. The van der Waals surface area contributed by atoms with Crippen LogP contribution in [0.15, 0.2) is 216 Å². The molecule has 65 heavy (non-hydrogen) atoms. The summed E-state index contributed by atoms with van der Waals surface area (Å²) in [7, 11) is -2.77. The molecule has 312 valence electrons. The Kier molecular flexibility index (Phi) is 9.27.